The highest BCUT2D eigenvalue weighted by Gasteiger charge is 2.22. The van der Waals surface area contributed by atoms with Gasteiger partial charge in [0.25, 0.3) is 0 Å². The first-order valence-corrected chi connectivity index (χ1v) is 6.53. The Bertz CT molecular complexity index is 546. The molecule has 0 spiro atoms. The summed E-state index contributed by atoms with van der Waals surface area (Å²) in [5.41, 5.74) is 2.03. The van der Waals surface area contributed by atoms with Gasteiger partial charge in [-0.15, -0.1) is 0 Å². The highest BCUT2D eigenvalue weighted by atomic mass is 16.5. The summed E-state index contributed by atoms with van der Waals surface area (Å²) in [6.07, 6.45) is 3.73. The molecule has 0 aliphatic carbocycles. The zero-order chi connectivity index (χ0) is 13.9. The van der Waals surface area contributed by atoms with E-state index in [4.69, 9.17) is 4.74 Å². The fourth-order valence-corrected chi connectivity index (χ4v) is 1.98. The third-order valence-electron chi connectivity index (χ3n) is 3.31. The molecular formula is C15H21N3O. The van der Waals surface area contributed by atoms with Crippen molar-refractivity contribution in [1.29, 1.82) is 0 Å². The third-order valence-corrected chi connectivity index (χ3v) is 3.31. The Morgan fingerprint density at radius 2 is 2.16 bits per heavy atom. The quantitative estimate of drug-likeness (QED) is 0.897. The van der Waals surface area contributed by atoms with Gasteiger partial charge in [0, 0.05) is 6.07 Å². The summed E-state index contributed by atoms with van der Waals surface area (Å²) < 4.78 is 7.63. The Balaban J connectivity index is 2.43. The lowest BCUT2D eigenvalue weighted by Crippen LogP contribution is -2.35. The maximum absolute atomic E-state index is 5.55. The number of aromatic nitrogens is 2. The molecule has 4 nitrogen and oxygen atoms in total. The van der Waals surface area contributed by atoms with Gasteiger partial charge in [-0.05, 0) is 40.0 Å². The topological polar surface area (TPSA) is 39.1 Å². The van der Waals surface area contributed by atoms with Gasteiger partial charge in [0.15, 0.2) is 0 Å². The lowest BCUT2D eigenvalue weighted by molar-refractivity contribution is 0.340. The second-order valence-electron chi connectivity index (χ2n) is 4.95. The van der Waals surface area contributed by atoms with Gasteiger partial charge < -0.3 is 14.6 Å². The Labute approximate surface area is 114 Å². The van der Waals surface area contributed by atoms with Crippen LogP contribution in [0.5, 0.6) is 5.75 Å². The molecule has 1 heterocycles. The largest absolute Gasteiger partial charge is 0.494 e. The van der Waals surface area contributed by atoms with Crippen molar-refractivity contribution in [3.8, 4) is 11.4 Å². The van der Waals surface area contributed by atoms with Gasteiger partial charge in [0.05, 0.1) is 36.1 Å². The summed E-state index contributed by atoms with van der Waals surface area (Å²) in [4.78, 5) is 4.27. The summed E-state index contributed by atoms with van der Waals surface area (Å²) in [6, 6.07) is 8.04. The molecule has 0 aliphatic rings. The maximum Gasteiger partial charge on any atom is 0.121 e. The summed E-state index contributed by atoms with van der Waals surface area (Å²) in [7, 11) is 1.95. The van der Waals surface area contributed by atoms with Crippen molar-refractivity contribution in [3.63, 3.8) is 0 Å². The molecule has 2 rings (SSSR count). The number of nitrogens with one attached hydrogen (secondary N) is 1. The second kappa shape index (κ2) is 5.45. The van der Waals surface area contributed by atoms with Gasteiger partial charge in [0.1, 0.15) is 5.75 Å². The summed E-state index contributed by atoms with van der Waals surface area (Å²) >= 11 is 0. The molecule has 4 heteroatoms. The van der Waals surface area contributed by atoms with Crippen molar-refractivity contribution in [2.45, 2.75) is 26.3 Å². The molecule has 0 saturated heterocycles. The lowest BCUT2D eigenvalue weighted by atomic mass is 10.0. The first kappa shape index (κ1) is 13.6. The first-order chi connectivity index (χ1) is 9.08. The van der Waals surface area contributed by atoms with E-state index in [0.717, 1.165) is 17.1 Å². The Morgan fingerprint density at radius 1 is 1.37 bits per heavy atom. The normalized spacial score (nSPS) is 11.6. The van der Waals surface area contributed by atoms with E-state index in [1.807, 2.05) is 44.7 Å². The predicted octanol–water partition coefficient (Wildman–Crippen LogP) is 2.73. The second-order valence-corrected chi connectivity index (χ2v) is 4.95. The van der Waals surface area contributed by atoms with Crippen molar-refractivity contribution in [2.75, 3.05) is 13.7 Å². The van der Waals surface area contributed by atoms with Crippen LogP contribution in [0.3, 0.4) is 0 Å². The molecule has 0 saturated carbocycles. The molecule has 2 aromatic rings. The van der Waals surface area contributed by atoms with E-state index in [-0.39, 0.29) is 5.54 Å². The number of rotatable bonds is 5. The van der Waals surface area contributed by atoms with E-state index in [2.05, 4.69) is 34.8 Å². The number of hydrogen-bond acceptors (Lipinski definition) is 3. The summed E-state index contributed by atoms with van der Waals surface area (Å²) in [6.45, 7) is 6.92. The van der Waals surface area contributed by atoms with E-state index in [1.54, 1.807) is 0 Å². The fourth-order valence-electron chi connectivity index (χ4n) is 1.98. The van der Waals surface area contributed by atoms with Crippen molar-refractivity contribution < 1.29 is 4.74 Å². The minimum Gasteiger partial charge on any atom is -0.494 e. The zero-order valence-electron chi connectivity index (χ0n) is 12.0. The molecule has 0 unspecified atom stereocenters. The summed E-state index contributed by atoms with van der Waals surface area (Å²) in [5, 5.41) is 3.30. The van der Waals surface area contributed by atoms with Gasteiger partial charge in [0.2, 0.25) is 0 Å². The molecule has 1 aromatic heterocycles. The van der Waals surface area contributed by atoms with Gasteiger partial charge in [-0.3, -0.25) is 0 Å². The predicted molar refractivity (Wildman–Crippen MR) is 76.8 cm³/mol. The van der Waals surface area contributed by atoms with Crippen LogP contribution in [0.2, 0.25) is 0 Å². The molecule has 19 heavy (non-hydrogen) atoms. The molecule has 0 atom stereocenters. The highest BCUT2D eigenvalue weighted by Crippen LogP contribution is 2.24. The van der Waals surface area contributed by atoms with Crippen LogP contribution in [0.25, 0.3) is 5.69 Å². The van der Waals surface area contributed by atoms with Crippen LogP contribution in [0.4, 0.5) is 0 Å². The van der Waals surface area contributed by atoms with Crippen LogP contribution in [0.15, 0.2) is 36.8 Å². The molecule has 0 bridgehead atoms. The van der Waals surface area contributed by atoms with Crippen LogP contribution in [-0.2, 0) is 5.54 Å². The summed E-state index contributed by atoms with van der Waals surface area (Å²) in [5.74, 6) is 0.877. The number of benzene rings is 1. The zero-order valence-corrected chi connectivity index (χ0v) is 12.0. The van der Waals surface area contributed by atoms with E-state index in [1.165, 1.54) is 0 Å². The van der Waals surface area contributed by atoms with E-state index in [9.17, 15) is 0 Å². The molecule has 0 radical (unpaired) electrons. The van der Waals surface area contributed by atoms with Crippen LogP contribution in [0.1, 0.15) is 26.5 Å². The third kappa shape index (κ3) is 2.79. The Kier molecular flexibility index (Phi) is 3.90. The van der Waals surface area contributed by atoms with E-state index in [0.29, 0.717) is 6.61 Å². The van der Waals surface area contributed by atoms with Crippen LogP contribution in [-0.4, -0.2) is 23.2 Å². The van der Waals surface area contributed by atoms with Crippen LogP contribution in [0, 0.1) is 0 Å². The fraction of sp³-hybridized carbons (Fsp3) is 0.400. The van der Waals surface area contributed by atoms with Gasteiger partial charge >= 0.3 is 0 Å². The average molecular weight is 259 g/mol. The van der Waals surface area contributed by atoms with Crippen molar-refractivity contribution >= 4 is 0 Å². The Hall–Kier alpha value is -1.81. The number of nitrogens with zero attached hydrogens (tertiary/aromatic N) is 2. The first-order valence-electron chi connectivity index (χ1n) is 6.53. The molecule has 1 N–H and O–H groups in total. The van der Waals surface area contributed by atoms with Crippen molar-refractivity contribution in [3.05, 3.63) is 42.5 Å². The molecule has 0 aliphatic heterocycles. The van der Waals surface area contributed by atoms with Crippen LogP contribution >= 0.6 is 0 Å². The minimum atomic E-state index is -0.141. The molecule has 102 valence electrons. The molecular weight excluding hydrogens is 238 g/mol. The number of hydrogen-bond donors (Lipinski definition) is 1. The molecule has 1 aromatic carbocycles. The van der Waals surface area contributed by atoms with Crippen molar-refractivity contribution in [1.82, 2.24) is 14.9 Å². The maximum atomic E-state index is 5.55. The van der Waals surface area contributed by atoms with Gasteiger partial charge in [-0.25, -0.2) is 4.98 Å². The SMILES string of the molecule is CCOc1cccc(-n2cncc2C(C)(C)NC)c1. The molecule has 0 fully saturated rings. The molecule has 0 amide bonds. The van der Waals surface area contributed by atoms with Crippen LogP contribution < -0.4 is 10.1 Å². The highest BCUT2D eigenvalue weighted by molar-refractivity contribution is 5.41. The van der Waals surface area contributed by atoms with Gasteiger partial charge in [-0.2, -0.15) is 0 Å². The Morgan fingerprint density at radius 3 is 2.84 bits per heavy atom. The number of ether oxygens (including phenoxy) is 1. The van der Waals surface area contributed by atoms with Crippen molar-refractivity contribution in [2.24, 2.45) is 0 Å². The van der Waals surface area contributed by atoms with E-state index < -0.39 is 0 Å². The number of imidazole rings is 1. The van der Waals surface area contributed by atoms with Gasteiger partial charge in [-0.1, -0.05) is 6.07 Å². The monoisotopic (exact) mass is 259 g/mol. The standard InChI is InChI=1S/C15H21N3O/c1-5-19-13-8-6-7-12(9-13)18-11-17-10-14(18)15(2,3)16-4/h6-11,16H,5H2,1-4H3. The minimum absolute atomic E-state index is 0.141. The lowest BCUT2D eigenvalue weighted by Gasteiger charge is -2.25. The smallest absolute Gasteiger partial charge is 0.121 e. The van der Waals surface area contributed by atoms with E-state index >= 15 is 0 Å². The average Bonchev–Trinajstić information content (AvgIpc) is 2.89.